The van der Waals surface area contributed by atoms with Crippen LogP contribution in [0.4, 0.5) is 11.4 Å². The van der Waals surface area contributed by atoms with Crippen LogP contribution in [-0.2, 0) is 14.3 Å². The first-order valence-electron chi connectivity index (χ1n) is 6.65. The van der Waals surface area contributed by atoms with E-state index in [4.69, 9.17) is 9.47 Å². The fourth-order valence-electron chi connectivity index (χ4n) is 1.61. The van der Waals surface area contributed by atoms with Gasteiger partial charge in [0.25, 0.3) is 0 Å². The van der Waals surface area contributed by atoms with Crippen LogP contribution in [0.5, 0.6) is 0 Å². The molecule has 1 aromatic rings. The average molecular weight is 280 g/mol. The Kier molecular flexibility index (Phi) is 6.48. The molecule has 0 aliphatic carbocycles. The third-order valence-electron chi connectivity index (χ3n) is 3.05. The summed E-state index contributed by atoms with van der Waals surface area (Å²) in [6.07, 6.45) is 0.913. The summed E-state index contributed by atoms with van der Waals surface area (Å²) in [5.74, 6) is -0.157. The average Bonchev–Trinajstić information content (AvgIpc) is 2.41. The number of carbonyl (C=O) groups is 1. The molecule has 0 radical (unpaired) electrons. The lowest BCUT2D eigenvalue weighted by atomic mass is 10.1. The SMILES string of the molecule is COCC(=O)Nc1ccc(NCCC(C)(C)OC)cc1. The Morgan fingerprint density at radius 3 is 2.30 bits per heavy atom. The highest BCUT2D eigenvalue weighted by Gasteiger charge is 2.15. The number of hydrogen-bond acceptors (Lipinski definition) is 4. The zero-order valence-electron chi connectivity index (χ0n) is 12.7. The van der Waals surface area contributed by atoms with Crippen LogP contribution in [0.15, 0.2) is 24.3 Å². The van der Waals surface area contributed by atoms with E-state index in [1.165, 1.54) is 7.11 Å². The zero-order valence-corrected chi connectivity index (χ0v) is 12.7. The molecule has 1 amide bonds. The molecule has 0 fully saturated rings. The molecule has 20 heavy (non-hydrogen) atoms. The predicted octanol–water partition coefficient (Wildman–Crippen LogP) is 2.50. The predicted molar refractivity (Wildman–Crippen MR) is 81.1 cm³/mol. The number of hydrogen-bond donors (Lipinski definition) is 2. The van der Waals surface area contributed by atoms with Gasteiger partial charge in [0, 0.05) is 32.1 Å². The minimum absolute atomic E-state index is 0.0616. The summed E-state index contributed by atoms with van der Waals surface area (Å²) in [5, 5.41) is 6.07. The second-order valence-electron chi connectivity index (χ2n) is 5.20. The van der Waals surface area contributed by atoms with Crippen LogP contribution in [0.25, 0.3) is 0 Å². The summed E-state index contributed by atoms with van der Waals surface area (Å²) < 4.78 is 10.1. The normalized spacial score (nSPS) is 11.2. The van der Waals surface area contributed by atoms with Crippen LogP contribution < -0.4 is 10.6 Å². The van der Waals surface area contributed by atoms with E-state index >= 15 is 0 Å². The molecule has 5 heteroatoms. The van der Waals surface area contributed by atoms with Gasteiger partial charge >= 0.3 is 0 Å². The maximum absolute atomic E-state index is 11.3. The van der Waals surface area contributed by atoms with Crippen molar-refractivity contribution in [2.24, 2.45) is 0 Å². The lowest BCUT2D eigenvalue weighted by molar-refractivity contribution is -0.119. The summed E-state index contributed by atoms with van der Waals surface area (Å²) in [6, 6.07) is 7.58. The number of ether oxygens (including phenoxy) is 2. The highest BCUT2D eigenvalue weighted by atomic mass is 16.5. The molecule has 0 saturated carbocycles. The Balaban J connectivity index is 2.41. The summed E-state index contributed by atoms with van der Waals surface area (Å²) in [6.45, 7) is 5.01. The number of benzene rings is 1. The van der Waals surface area contributed by atoms with Crippen molar-refractivity contribution < 1.29 is 14.3 Å². The van der Waals surface area contributed by atoms with Crippen molar-refractivity contribution in [1.82, 2.24) is 0 Å². The molecule has 0 saturated heterocycles. The highest BCUT2D eigenvalue weighted by Crippen LogP contribution is 2.16. The molecule has 1 rings (SSSR count). The van der Waals surface area contributed by atoms with Crippen molar-refractivity contribution in [3.63, 3.8) is 0 Å². The molecule has 0 aliphatic rings. The summed E-state index contributed by atoms with van der Waals surface area (Å²) >= 11 is 0. The van der Waals surface area contributed by atoms with Crippen LogP contribution in [0.1, 0.15) is 20.3 Å². The molecule has 0 heterocycles. The fraction of sp³-hybridized carbons (Fsp3) is 0.533. The first-order chi connectivity index (χ1) is 9.46. The monoisotopic (exact) mass is 280 g/mol. The van der Waals surface area contributed by atoms with Crippen molar-refractivity contribution in [2.75, 3.05) is 38.0 Å². The topological polar surface area (TPSA) is 59.6 Å². The second-order valence-corrected chi connectivity index (χ2v) is 5.20. The molecule has 0 bridgehead atoms. The molecule has 0 unspecified atom stereocenters. The van der Waals surface area contributed by atoms with Gasteiger partial charge in [0.1, 0.15) is 6.61 Å². The Hall–Kier alpha value is -1.59. The first-order valence-corrected chi connectivity index (χ1v) is 6.65. The van der Waals surface area contributed by atoms with E-state index in [9.17, 15) is 4.79 Å². The molecule has 0 spiro atoms. The minimum Gasteiger partial charge on any atom is -0.385 e. The lowest BCUT2D eigenvalue weighted by Gasteiger charge is -2.23. The number of carbonyl (C=O) groups excluding carboxylic acids is 1. The Bertz CT molecular complexity index is 416. The highest BCUT2D eigenvalue weighted by molar-refractivity contribution is 5.91. The van der Waals surface area contributed by atoms with Gasteiger partial charge in [-0.25, -0.2) is 0 Å². The first kappa shape index (κ1) is 16.5. The van der Waals surface area contributed by atoms with E-state index in [0.717, 1.165) is 24.3 Å². The number of nitrogens with one attached hydrogen (secondary N) is 2. The number of rotatable bonds is 8. The van der Waals surface area contributed by atoms with Gasteiger partial charge in [0.2, 0.25) is 5.91 Å². The lowest BCUT2D eigenvalue weighted by Crippen LogP contribution is -2.25. The Morgan fingerprint density at radius 2 is 1.75 bits per heavy atom. The van der Waals surface area contributed by atoms with Crippen molar-refractivity contribution >= 4 is 17.3 Å². The van der Waals surface area contributed by atoms with Gasteiger partial charge in [-0.05, 0) is 44.5 Å². The zero-order chi connectivity index (χ0) is 15.0. The molecule has 112 valence electrons. The van der Waals surface area contributed by atoms with E-state index in [2.05, 4.69) is 24.5 Å². The summed E-state index contributed by atoms with van der Waals surface area (Å²) in [7, 11) is 3.21. The third kappa shape index (κ3) is 6.04. The maximum atomic E-state index is 11.3. The number of anilines is 2. The van der Waals surface area contributed by atoms with E-state index in [1.807, 2.05) is 24.3 Å². The van der Waals surface area contributed by atoms with Crippen LogP contribution in [-0.4, -0.2) is 38.9 Å². The standard InChI is InChI=1S/C15H24N2O3/c1-15(2,20-4)9-10-16-12-5-7-13(8-6-12)17-14(18)11-19-3/h5-8,16H,9-11H2,1-4H3,(H,17,18). The van der Waals surface area contributed by atoms with Crippen molar-refractivity contribution in [1.29, 1.82) is 0 Å². The summed E-state index contributed by atoms with van der Waals surface area (Å²) in [4.78, 5) is 11.3. The van der Waals surface area contributed by atoms with Crippen LogP contribution in [0, 0.1) is 0 Å². The smallest absolute Gasteiger partial charge is 0.250 e. The largest absolute Gasteiger partial charge is 0.385 e. The molecule has 0 aliphatic heterocycles. The number of methoxy groups -OCH3 is 2. The molecule has 2 N–H and O–H groups in total. The van der Waals surface area contributed by atoms with Crippen LogP contribution in [0.2, 0.25) is 0 Å². The van der Waals surface area contributed by atoms with E-state index in [0.29, 0.717) is 0 Å². The Labute approximate surface area is 120 Å². The molecular formula is C15H24N2O3. The maximum Gasteiger partial charge on any atom is 0.250 e. The van der Waals surface area contributed by atoms with Crippen molar-refractivity contribution in [3.8, 4) is 0 Å². The molecular weight excluding hydrogens is 256 g/mol. The molecule has 5 nitrogen and oxygen atoms in total. The van der Waals surface area contributed by atoms with E-state index in [-0.39, 0.29) is 18.1 Å². The van der Waals surface area contributed by atoms with Crippen LogP contribution in [0.3, 0.4) is 0 Å². The van der Waals surface area contributed by atoms with Gasteiger partial charge in [0.15, 0.2) is 0 Å². The Morgan fingerprint density at radius 1 is 1.15 bits per heavy atom. The van der Waals surface area contributed by atoms with Crippen molar-refractivity contribution in [2.45, 2.75) is 25.9 Å². The molecule has 0 atom stereocenters. The van der Waals surface area contributed by atoms with E-state index in [1.54, 1.807) is 7.11 Å². The quantitative estimate of drug-likeness (QED) is 0.768. The van der Waals surface area contributed by atoms with Gasteiger partial charge < -0.3 is 20.1 Å². The summed E-state index contributed by atoms with van der Waals surface area (Å²) in [5.41, 5.74) is 1.65. The second kappa shape index (κ2) is 7.87. The molecule has 0 aromatic heterocycles. The molecule has 1 aromatic carbocycles. The van der Waals surface area contributed by atoms with Crippen molar-refractivity contribution in [3.05, 3.63) is 24.3 Å². The fourth-order valence-corrected chi connectivity index (χ4v) is 1.61. The van der Waals surface area contributed by atoms with Gasteiger partial charge in [-0.2, -0.15) is 0 Å². The van der Waals surface area contributed by atoms with Gasteiger partial charge in [-0.1, -0.05) is 0 Å². The van der Waals surface area contributed by atoms with Gasteiger partial charge in [-0.3, -0.25) is 4.79 Å². The van der Waals surface area contributed by atoms with Gasteiger partial charge in [-0.15, -0.1) is 0 Å². The minimum atomic E-state index is -0.157. The van der Waals surface area contributed by atoms with E-state index < -0.39 is 0 Å². The third-order valence-corrected chi connectivity index (χ3v) is 3.05. The van der Waals surface area contributed by atoms with Crippen LogP contribution >= 0.6 is 0 Å². The van der Waals surface area contributed by atoms with Gasteiger partial charge in [0.05, 0.1) is 5.60 Å². The number of amides is 1.